The molecule has 4 N–H and O–H groups in total. The van der Waals surface area contributed by atoms with E-state index in [0.717, 1.165) is 53.2 Å². The van der Waals surface area contributed by atoms with Crippen LogP contribution >= 0.6 is 23.1 Å². The standard InChI is InChI=1S/C29H32N8OS2/c38-29(17-21-7-3-1-4-8-21)12-15-37(16-13-29)36-26-24-25(33-27(40-24)31-14-11-23-18-30-20-32-23)34-28(35-26)39-19-22-9-5-2-6-10-22/h1-10,18,20,38H,11-17,19H2,(H,30,32)(H2,31,33,34,35,36). The number of aromatic amines is 1. The topological polar surface area (TPSA) is 115 Å². The van der Waals surface area contributed by atoms with Gasteiger partial charge in [-0.2, -0.15) is 4.98 Å². The lowest BCUT2D eigenvalue weighted by atomic mass is 9.86. The van der Waals surface area contributed by atoms with Gasteiger partial charge in [0.15, 0.2) is 21.8 Å². The van der Waals surface area contributed by atoms with Crippen LogP contribution in [-0.4, -0.2) is 60.3 Å². The highest BCUT2D eigenvalue weighted by molar-refractivity contribution is 7.98. The first kappa shape index (κ1) is 26.7. The molecule has 0 atom stereocenters. The summed E-state index contributed by atoms with van der Waals surface area (Å²) >= 11 is 3.16. The minimum Gasteiger partial charge on any atom is -0.389 e. The lowest BCUT2D eigenvalue weighted by Gasteiger charge is -2.38. The van der Waals surface area contributed by atoms with E-state index in [-0.39, 0.29) is 0 Å². The van der Waals surface area contributed by atoms with E-state index in [1.807, 2.05) is 42.6 Å². The first-order valence-electron chi connectivity index (χ1n) is 13.5. The second-order valence-electron chi connectivity index (χ2n) is 10.0. The molecule has 0 aliphatic carbocycles. The van der Waals surface area contributed by atoms with Crippen LogP contribution in [0, 0.1) is 0 Å². The summed E-state index contributed by atoms with van der Waals surface area (Å²) in [6.45, 7) is 2.17. The van der Waals surface area contributed by atoms with Crippen molar-refractivity contribution in [3.8, 4) is 0 Å². The highest BCUT2D eigenvalue weighted by Gasteiger charge is 2.33. The van der Waals surface area contributed by atoms with Crippen molar-refractivity contribution < 1.29 is 5.11 Å². The molecule has 5 aromatic rings. The Kier molecular flexibility index (Phi) is 8.24. The van der Waals surface area contributed by atoms with E-state index in [1.54, 1.807) is 29.4 Å². The average Bonchev–Trinajstić information content (AvgIpc) is 3.64. The predicted octanol–water partition coefficient (Wildman–Crippen LogP) is 5.15. The fourth-order valence-electron chi connectivity index (χ4n) is 4.80. The maximum Gasteiger partial charge on any atom is 0.192 e. The number of imidazole rings is 1. The largest absolute Gasteiger partial charge is 0.389 e. The van der Waals surface area contributed by atoms with Crippen LogP contribution in [-0.2, 0) is 18.6 Å². The number of aromatic nitrogens is 5. The highest BCUT2D eigenvalue weighted by atomic mass is 32.2. The molecule has 1 aliphatic heterocycles. The number of hydrazine groups is 1. The molecule has 0 saturated carbocycles. The van der Waals surface area contributed by atoms with E-state index in [9.17, 15) is 5.11 Å². The Balaban J connectivity index is 1.17. The Labute approximate surface area is 241 Å². The molecule has 0 unspecified atom stereocenters. The number of thiazole rings is 1. The normalized spacial score (nSPS) is 15.3. The van der Waals surface area contributed by atoms with E-state index in [0.29, 0.717) is 30.1 Å². The molecule has 0 amide bonds. The zero-order valence-corrected chi connectivity index (χ0v) is 23.7. The SMILES string of the molecule is OC1(Cc2ccccc2)CCN(Nc2nc(SCc3ccccc3)nc3nc(NCCc4cnc[nH]4)sc23)CC1. The van der Waals surface area contributed by atoms with Gasteiger partial charge in [-0.3, -0.25) is 0 Å². The molecule has 0 radical (unpaired) electrons. The van der Waals surface area contributed by atoms with Gasteiger partial charge >= 0.3 is 0 Å². The minimum atomic E-state index is -0.701. The average molecular weight is 573 g/mol. The van der Waals surface area contributed by atoms with Crippen molar-refractivity contribution in [2.24, 2.45) is 0 Å². The molecule has 0 bridgehead atoms. The number of thioether (sulfide) groups is 1. The molecule has 1 fully saturated rings. The van der Waals surface area contributed by atoms with Crippen LogP contribution in [0.4, 0.5) is 10.9 Å². The smallest absolute Gasteiger partial charge is 0.192 e. The summed E-state index contributed by atoms with van der Waals surface area (Å²) in [7, 11) is 0. The van der Waals surface area contributed by atoms with Crippen LogP contribution in [0.15, 0.2) is 78.3 Å². The van der Waals surface area contributed by atoms with E-state index in [2.05, 4.69) is 50.0 Å². The Hall–Kier alpha value is -3.51. The summed E-state index contributed by atoms with van der Waals surface area (Å²) in [6.07, 6.45) is 6.39. The maximum atomic E-state index is 11.3. The van der Waals surface area contributed by atoms with Gasteiger partial charge in [0.25, 0.3) is 0 Å². The van der Waals surface area contributed by atoms with Crippen LogP contribution < -0.4 is 10.7 Å². The second kappa shape index (κ2) is 12.3. The minimum absolute atomic E-state index is 0.669. The molecule has 11 heteroatoms. The van der Waals surface area contributed by atoms with Crippen molar-refractivity contribution in [3.05, 3.63) is 90.0 Å². The summed E-state index contributed by atoms with van der Waals surface area (Å²) in [5, 5.41) is 18.3. The third-order valence-electron chi connectivity index (χ3n) is 7.00. The molecule has 3 aromatic heterocycles. The monoisotopic (exact) mass is 572 g/mol. The first-order chi connectivity index (χ1) is 19.6. The van der Waals surface area contributed by atoms with Gasteiger partial charge < -0.3 is 20.8 Å². The summed E-state index contributed by atoms with van der Waals surface area (Å²) in [6, 6.07) is 20.6. The lowest BCUT2D eigenvalue weighted by Crippen LogP contribution is -2.47. The van der Waals surface area contributed by atoms with E-state index >= 15 is 0 Å². The van der Waals surface area contributed by atoms with Gasteiger partial charge in [-0.25, -0.2) is 20.0 Å². The van der Waals surface area contributed by atoms with Gasteiger partial charge in [0.05, 0.1) is 11.9 Å². The molecule has 0 spiro atoms. The van der Waals surface area contributed by atoms with Crippen molar-refractivity contribution in [1.29, 1.82) is 0 Å². The molecular formula is C29H32N8OS2. The van der Waals surface area contributed by atoms with Crippen LogP contribution in [0.3, 0.4) is 0 Å². The molecule has 2 aromatic carbocycles. The number of anilines is 2. The van der Waals surface area contributed by atoms with Crippen molar-refractivity contribution >= 4 is 44.4 Å². The molecule has 9 nitrogen and oxygen atoms in total. The fourth-order valence-corrected chi connectivity index (χ4v) is 6.47. The fraction of sp³-hybridized carbons (Fsp3) is 0.310. The quantitative estimate of drug-likeness (QED) is 0.126. The van der Waals surface area contributed by atoms with Crippen LogP contribution in [0.1, 0.15) is 29.7 Å². The van der Waals surface area contributed by atoms with Crippen molar-refractivity contribution in [3.63, 3.8) is 0 Å². The van der Waals surface area contributed by atoms with Gasteiger partial charge in [0.1, 0.15) is 4.70 Å². The molecule has 4 heterocycles. The van der Waals surface area contributed by atoms with Crippen molar-refractivity contribution in [1.82, 2.24) is 29.9 Å². The zero-order chi connectivity index (χ0) is 27.2. The molecule has 1 aliphatic rings. The number of hydrogen-bond acceptors (Lipinski definition) is 10. The Bertz CT molecular complexity index is 1500. The Morgan fingerprint density at radius 2 is 1.73 bits per heavy atom. The van der Waals surface area contributed by atoms with Gasteiger partial charge in [0.2, 0.25) is 0 Å². The van der Waals surface area contributed by atoms with Crippen LogP contribution in [0.25, 0.3) is 10.3 Å². The highest BCUT2D eigenvalue weighted by Crippen LogP contribution is 2.34. The number of fused-ring (bicyclic) bond motifs is 1. The molecule has 206 valence electrons. The number of nitrogens with one attached hydrogen (secondary N) is 3. The molecule has 1 saturated heterocycles. The number of hydrogen-bond donors (Lipinski definition) is 4. The van der Waals surface area contributed by atoms with Crippen molar-refractivity contribution in [2.75, 3.05) is 30.4 Å². The molecule has 40 heavy (non-hydrogen) atoms. The third-order valence-corrected chi connectivity index (χ3v) is 8.93. The Morgan fingerprint density at radius 1 is 0.975 bits per heavy atom. The van der Waals surface area contributed by atoms with Gasteiger partial charge in [-0.05, 0) is 24.0 Å². The number of nitrogens with zero attached hydrogens (tertiary/aromatic N) is 5. The second-order valence-corrected chi connectivity index (χ2v) is 12.0. The van der Waals surface area contributed by atoms with Crippen LogP contribution in [0.5, 0.6) is 0 Å². The van der Waals surface area contributed by atoms with Crippen LogP contribution in [0.2, 0.25) is 0 Å². The van der Waals surface area contributed by atoms with Gasteiger partial charge in [0, 0.05) is 50.1 Å². The zero-order valence-electron chi connectivity index (χ0n) is 22.1. The van der Waals surface area contributed by atoms with E-state index < -0.39 is 5.60 Å². The number of rotatable bonds is 11. The van der Waals surface area contributed by atoms with Gasteiger partial charge in [-0.1, -0.05) is 83.8 Å². The summed E-state index contributed by atoms with van der Waals surface area (Å²) < 4.78 is 0.915. The third kappa shape index (κ3) is 6.79. The maximum absolute atomic E-state index is 11.3. The number of benzene rings is 2. The number of piperidine rings is 1. The van der Waals surface area contributed by atoms with E-state index in [1.165, 1.54) is 11.1 Å². The first-order valence-corrected chi connectivity index (χ1v) is 15.3. The van der Waals surface area contributed by atoms with Gasteiger partial charge in [-0.15, -0.1) is 0 Å². The molecule has 6 rings (SSSR count). The number of aliphatic hydroxyl groups is 1. The summed E-state index contributed by atoms with van der Waals surface area (Å²) in [5.74, 6) is 1.54. The van der Waals surface area contributed by atoms with Crippen molar-refractivity contribution in [2.45, 2.75) is 42.2 Å². The lowest BCUT2D eigenvalue weighted by molar-refractivity contribution is -0.0153. The number of H-pyrrole nitrogens is 1. The Morgan fingerprint density at radius 3 is 2.45 bits per heavy atom. The molecular weight excluding hydrogens is 541 g/mol. The van der Waals surface area contributed by atoms with E-state index in [4.69, 9.17) is 15.0 Å². The predicted molar refractivity (Wildman–Crippen MR) is 162 cm³/mol. The summed E-state index contributed by atoms with van der Waals surface area (Å²) in [4.78, 5) is 21.7. The summed E-state index contributed by atoms with van der Waals surface area (Å²) in [5.41, 5.74) is 6.99.